The van der Waals surface area contributed by atoms with Crippen molar-refractivity contribution in [3.63, 3.8) is 0 Å². The zero-order chi connectivity index (χ0) is 18.6. The molecule has 140 valence electrons. The van der Waals surface area contributed by atoms with Crippen LogP contribution in [0.5, 0.6) is 0 Å². The van der Waals surface area contributed by atoms with Gasteiger partial charge in [-0.1, -0.05) is 13.8 Å². The Balaban J connectivity index is 1.44. The van der Waals surface area contributed by atoms with Crippen molar-refractivity contribution in [2.75, 3.05) is 13.1 Å². The second-order valence-corrected chi connectivity index (χ2v) is 8.06. The molecule has 2 aliphatic rings. The Kier molecular flexibility index (Phi) is 4.14. The summed E-state index contributed by atoms with van der Waals surface area (Å²) in [5.41, 5.74) is 3.97. The molecule has 2 aliphatic heterocycles. The molecule has 2 bridgehead atoms. The molecule has 7 heteroatoms. The summed E-state index contributed by atoms with van der Waals surface area (Å²) in [6.07, 6.45) is 1.06. The Morgan fingerprint density at radius 2 is 1.92 bits per heavy atom. The first-order chi connectivity index (χ1) is 12.3. The highest BCUT2D eigenvalue weighted by Gasteiger charge is 2.45. The fourth-order valence-electron chi connectivity index (χ4n) is 4.23. The lowest BCUT2D eigenvalue weighted by molar-refractivity contribution is 0.0604. The molecule has 0 aliphatic carbocycles. The largest absolute Gasteiger partial charge is 0.331 e. The minimum Gasteiger partial charge on any atom is -0.331 e. The second-order valence-electron chi connectivity index (χ2n) is 8.06. The molecule has 1 amide bonds. The summed E-state index contributed by atoms with van der Waals surface area (Å²) in [6, 6.07) is 4.84. The van der Waals surface area contributed by atoms with Gasteiger partial charge < -0.3 is 4.90 Å². The van der Waals surface area contributed by atoms with Gasteiger partial charge in [0.05, 0.1) is 11.4 Å². The van der Waals surface area contributed by atoms with Crippen molar-refractivity contribution in [1.29, 1.82) is 0 Å². The molecule has 0 aromatic carbocycles. The van der Waals surface area contributed by atoms with E-state index in [-0.39, 0.29) is 5.91 Å². The number of carbonyl (C=O) groups excluding carboxylic acids is 1. The van der Waals surface area contributed by atoms with Crippen LogP contribution in [0, 0.1) is 6.92 Å². The van der Waals surface area contributed by atoms with Crippen LogP contribution in [0.15, 0.2) is 12.1 Å². The topological polar surface area (TPSA) is 59.2 Å². The van der Waals surface area contributed by atoms with Gasteiger partial charge >= 0.3 is 0 Å². The van der Waals surface area contributed by atoms with Crippen molar-refractivity contribution in [2.24, 2.45) is 14.1 Å². The number of likely N-dealkylation sites (tertiary alicyclic amines) is 2. The summed E-state index contributed by atoms with van der Waals surface area (Å²) in [4.78, 5) is 17.6. The van der Waals surface area contributed by atoms with E-state index in [0.717, 1.165) is 37.4 Å². The quantitative estimate of drug-likeness (QED) is 0.836. The van der Waals surface area contributed by atoms with Gasteiger partial charge in [-0.2, -0.15) is 10.2 Å². The molecular formula is C19H28N6O. The van der Waals surface area contributed by atoms with Crippen molar-refractivity contribution in [3.8, 4) is 0 Å². The van der Waals surface area contributed by atoms with E-state index in [2.05, 4.69) is 41.9 Å². The number of fused-ring (bicyclic) bond motifs is 2. The molecule has 2 aromatic heterocycles. The number of rotatable bonds is 4. The third-order valence-corrected chi connectivity index (χ3v) is 5.85. The number of amides is 1. The predicted molar refractivity (Wildman–Crippen MR) is 98.9 cm³/mol. The number of aryl methyl sites for hydroxylation is 3. The third-order valence-electron chi connectivity index (χ3n) is 5.85. The minimum atomic E-state index is 0.118. The molecule has 2 fully saturated rings. The number of aromatic nitrogens is 4. The molecule has 2 saturated heterocycles. The van der Waals surface area contributed by atoms with Gasteiger partial charge in [0.25, 0.3) is 5.91 Å². The highest BCUT2D eigenvalue weighted by atomic mass is 16.2. The monoisotopic (exact) mass is 356 g/mol. The molecular weight excluding hydrogens is 328 g/mol. The maximum atomic E-state index is 13.0. The first kappa shape index (κ1) is 17.3. The van der Waals surface area contributed by atoms with Gasteiger partial charge in [-0.05, 0) is 31.4 Å². The van der Waals surface area contributed by atoms with E-state index in [9.17, 15) is 4.79 Å². The molecule has 7 nitrogen and oxygen atoms in total. The molecule has 26 heavy (non-hydrogen) atoms. The average Bonchev–Trinajstić information content (AvgIpc) is 3.32. The lowest BCUT2D eigenvalue weighted by Crippen LogP contribution is -2.48. The van der Waals surface area contributed by atoms with Crippen LogP contribution >= 0.6 is 0 Å². The number of hydrogen-bond donors (Lipinski definition) is 0. The van der Waals surface area contributed by atoms with E-state index >= 15 is 0 Å². The number of nitrogens with zero attached hydrogens (tertiary/aromatic N) is 6. The van der Waals surface area contributed by atoms with E-state index in [1.54, 1.807) is 4.68 Å². The number of carbonyl (C=O) groups is 1. The second kappa shape index (κ2) is 6.23. The van der Waals surface area contributed by atoms with Crippen molar-refractivity contribution < 1.29 is 4.79 Å². The maximum Gasteiger partial charge on any atom is 0.272 e. The Morgan fingerprint density at radius 3 is 2.46 bits per heavy atom. The molecule has 0 radical (unpaired) electrons. The fraction of sp³-hybridized carbons (Fsp3) is 0.632. The maximum absolute atomic E-state index is 13.0. The van der Waals surface area contributed by atoms with Crippen molar-refractivity contribution >= 4 is 5.91 Å². The average molecular weight is 356 g/mol. The van der Waals surface area contributed by atoms with Crippen LogP contribution in [-0.4, -0.2) is 60.4 Å². The summed E-state index contributed by atoms with van der Waals surface area (Å²) < 4.78 is 3.66. The molecule has 0 saturated carbocycles. The Hall–Kier alpha value is -2.15. The van der Waals surface area contributed by atoms with Gasteiger partial charge in [0.1, 0.15) is 5.69 Å². The summed E-state index contributed by atoms with van der Waals surface area (Å²) in [6.45, 7) is 8.89. The SMILES string of the molecule is Cc1cc(CN2C[C@@H]3C[C@H]2CN3C(=O)c2cc(C(C)C)nn2C)nn1C. The van der Waals surface area contributed by atoms with Gasteiger partial charge in [0.2, 0.25) is 0 Å². The first-order valence-corrected chi connectivity index (χ1v) is 9.42. The van der Waals surface area contributed by atoms with Gasteiger partial charge in [-0.15, -0.1) is 0 Å². The van der Waals surface area contributed by atoms with E-state index in [1.807, 2.05) is 29.7 Å². The molecule has 0 unspecified atom stereocenters. The van der Waals surface area contributed by atoms with Crippen molar-refractivity contribution in [2.45, 2.75) is 51.7 Å². The van der Waals surface area contributed by atoms with Crippen LogP contribution in [0.1, 0.15) is 53.8 Å². The highest BCUT2D eigenvalue weighted by molar-refractivity contribution is 5.93. The Bertz CT molecular complexity index is 816. The van der Waals surface area contributed by atoms with Crippen LogP contribution < -0.4 is 0 Å². The molecule has 2 aromatic rings. The van der Waals surface area contributed by atoms with Crippen LogP contribution in [-0.2, 0) is 20.6 Å². The van der Waals surface area contributed by atoms with Gasteiger partial charge in [-0.3, -0.25) is 19.1 Å². The number of piperazine rings is 1. The molecule has 0 spiro atoms. The van der Waals surface area contributed by atoms with Crippen LogP contribution in [0.25, 0.3) is 0 Å². The van der Waals surface area contributed by atoms with Crippen LogP contribution in [0.2, 0.25) is 0 Å². The van der Waals surface area contributed by atoms with Crippen molar-refractivity contribution in [1.82, 2.24) is 29.4 Å². The lowest BCUT2D eigenvalue weighted by Gasteiger charge is -2.33. The van der Waals surface area contributed by atoms with Crippen LogP contribution in [0.4, 0.5) is 0 Å². The van der Waals surface area contributed by atoms with Crippen LogP contribution in [0.3, 0.4) is 0 Å². The lowest BCUT2D eigenvalue weighted by atomic mass is 10.1. The summed E-state index contributed by atoms with van der Waals surface area (Å²) >= 11 is 0. The van der Waals surface area contributed by atoms with Crippen molar-refractivity contribution in [3.05, 3.63) is 34.9 Å². The number of hydrogen-bond acceptors (Lipinski definition) is 4. The molecule has 2 atom stereocenters. The van der Waals surface area contributed by atoms with Gasteiger partial charge in [0, 0.05) is 51.5 Å². The summed E-state index contributed by atoms with van der Waals surface area (Å²) in [5.74, 6) is 0.447. The molecule has 4 rings (SSSR count). The Labute approximate surface area is 154 Å². The van der Waals surface area contributed by atoms with Gasteiger partial charge in [-0.25, -0.2) is 0 Å². The standard InChI is InChI=1S/C19H28N6O/c1-12(2)17-8-18(23(5)21-17)19(26)25-11-15-7-16(25)10-24(15)9-14-6-13(3)22(4)20-14/h6,8,12,15-16H,7,9-11H2,1-5H3/t15-,16-/m0/s1. The van der Waals surface area contributed by atoms with E-state index in [0.29, 0.717) is 23.7 Å². The van der Waals surface area contributed by atoms with E-state index < -0.39 is 0 Å². The van der Waals surface area contributed by atoms with Gasteiger partial charge in [0.15, 0.2) is 0 Å². The van der Waals surface area contributed by atoms with E-state index in [4.69, 9.17) is 0 Å². The fourth-order valence-corrected chi connectivity index (χ4v) is 4.23. The summed E-state index contributed by atoms with van der Waals surface area (Å²) in [5, 5.41) is 9.07. The zero-order valence-corrected chi connectivity index (χ0v) is 16.3. The van der Waals surface area contributed by atoms with E-state index in [1.165, 1.54) is 5.69 Å². The first-order valence-electron chi connectivity index (χ1n) is 9.42. The third kappa shape index (κ3) is 2.84. The Morgan fingerprint density at radius 1 is 1.15 bits per heavy atom. The predicted octanol–water partition coefficient (Wildman–Crippen LogP) is 1.68. The minimum absolute atomic E-state index is 0.118. The molecule has 4 heterocycles. The highest BCUT2D eigenvalue weighted by Crippen LogP contribution is 2.33. The zero-order valence-electron chi connectivity index (χ0n) is 16.3. The molecule has 0 N–H and O–H groups in total. The smallest absolute Gasteiger partial charge is 0.272 e. The normalized spacial score (nSPS) is 22.8. The summed E-state index contributed by atoms with van der Waals surface area (Å²) in [7, 11) is 3.85.